The van der Waals surface area contributed by atoms with Gasteiger partial charge in [0.1, 0.15) is 0 Å². The highest BCUT2D eigenvalue weighted by Crippen LogP contribution is 2.35. The van der Waals surface area contributed by atoms with E-state index in [9.17, 15) is 5.11 Å². The smallest absolute Gasteiger partial charge is 0.0558 e. The zero-order valence-electron chi connectivity index (χ0n) is 10.7. The first-order valence-corrected chi connectivity index (χ1v) is 7.23. The van der Waals surface area contributed by atoms with E-state index < -0.39 is 0 Å². The van der Waals surface area contributed by atoms with E-state index in [0.29, 0.717) is 6.61 Å². The Morgan fingerprint density at radius 2 is 1.81 bits per heavy atom. The normalized spacial score (nSPS) is 31.7. The number of hydrogen-bond acceptors (Lipinski definition) is 2. The Kier molecular flexibility index (Phi) is 4.66. The van der Waals surface area contributed by atoms with Crippen LogP contribution in [0.5, 0.6) is 0 Å². The van der Waals surface area contributed by atoms with Crippen molar-refractivity contribution in [3.05, 3.63) is 0 Å². The highest BCUT2D eigenvalue weighted by Gasteiger charge is 2.34. The van der Waals surface area contributed by atoms with Crippen molar-refractivity contribution in [2.45, 2.75) is 70.4 Å². The maximum absolute atomic E-state index is 9.25. The molecule has 0 aromatic heterocycles. The summed E-state index contributed by atoms with van der Waals surface area (Å²) < 4.78 is 0. The molecular formula is C14H27NO. The van der Waals surface area contributed by atoms with Gasteiger partial charge < -0.3 is 5.11 Å². The molecule has 0 amide bonds. The van der Waals surface area contributed by atoms with Crippen LogP contribution in [-0.2, 0) is 0 Å². The first-order valence-electron chi connectivity index (χ1n) is 7.23. The molecule has 16 heavy (non-hydrogen) atoms. The molecule has 2 aliphatic carbocycles. The molecule has 2 atom stereocenters. The molecule has 2 fully saturated rings. The molecule has 2 nitrogen and oxygen atoms in total. The Morgan fingerprint density at radius 1 is 1.06 bits per heavy atom. The lowest BCUT2D eigenvalue weighted by Gasteiger charge is -2.47. The third-order valence-corrected chi connectivity index (χ3v) is 4.72. The Labute approximate surface area is 100 Å². The van der Waals surface area contributed by atoms with Gasteiger partial charge in [-0.05, 0) is 31.6 Å². The van der Waals surface area contributed by atoms with E-state index in [-0.39, 0.29) is 0 Å². The molecule has 2 rings (SSSR count). The van der Waals surface area contributed by atoms with Crippen LogP contribution < -0.4 is 0 Å². The van der Waals surface area contributed by atoms with Crippen LogP contribution in [0.25, 0.3) is 0 Å². The van der Waals surface area contributed by atoms with Gasteiger partial charge in [-0.25, -0.2) is 0 Å². The van der Waals surface area contributed by atoms with E-state index in [1.165, 1.54) is 51.4 Å². The van der Waals surface area contributed by atoms with Crippen molar-refractivity contribution in [2.24, 2.45) is 5.92 Å². The summed E-state index contributed by atoms with van der Waals surface area (Å²) in [6.45, 7) is 3.58. The maximum atomic E-state index is 9.25. The van der Waals surface area contributed by atoms with E-state index in [0.717, 1.165) is 24.5 Å². The molecule has 2 unspecified atom stereocenters. The summed E-state index contributed by atoms with van der Waals surface area (Å²) in [6.07, 6.45) is 11.1. The van der Waals surface area contributed by atoms with E-state index in [4.69, 9.17) is 0 Å². The minimum atomic E-state index is 0.337. The lowest BCUT2D eigenvalue weighted by molar-refractivity contribution is 0.0154. The Bertz CT molecular complexity index is 201. The second-order valence-corrected chi connectivity index (χ2v) is 5.57. The van der Waals surface area contributed by atoms with Gasteiger partial charge in [0.05, 0.1) is 6.61 Å². The first-order chi connectivity index (χ1) is 7.86. The average molecular weight is 225 g/mol. The van der Waals surface area contributed by atoms with Gasteiger partial charge in [-0.3, -0.25) is 4.90 Å². The fraction of sp³-hybridized carbons (Fsp3) is 1.00. The third kappa shape index (κ3) is 2.60. The fourth-order valence-electron chi connectivity index (χ4n) is 3.55. The van der Waals surface area contributed by atoms with Gasteiger partial charge >= 0.3 is 0 Å². The van der Waals surface area contributed by atoms with Crippen LogP contribution in [0.1, 0.15) is 58.3 Å². The predicted molar refractivity (Wildman–Crippen MR) is 67.5 cm³/mol. The Morgan fingerprint density at radius 3 is 2.38 bits per heavy atom. The van der Waals surface area contributed by atoms with Gasteiger partial charge in [0, 0.05) is 18.6 Å². The van der Waals surface area contributed by atoms with E-state index in [1.807, 2.05) is 0 Å². The van der Waals surface area contributed by atoms with Crippen LogP contribution in [0.2, 0.25) is 0 Å². The molecule has 0 aliphatic heterocycles. The third-order valence-electron chi connectivity index (χ3n) is 4.72. The second-order valence-electron chi connectivity index (χ2n) is 5.57. The molecular weight excluding hydrogens is 198 g/mol. The van der Waals surface area contributed by atoms with Crippen LogP contribution in [0.15, 0.2) is 0 Å². The Balaban J connectivity index is 1.97. The molecule has 94 valence electrons. The zero-order chi connectivity index (χ0) is 11.4. The number of rotatable bonds is 5. The van der Waals surface area contributed by atoms with Crippen LogP contribution in [0, 0.1) is 5.92 Å². The molecule has 0 bridgehead atoms. The summed E-state index contributed by atoms with van der Waals surface area (Å²) in [6, 6.07) is 1.57. The summed E-state index contributed by atoms with van der Waals surface area (Å²) in [5.41, 5.74) is 0. The first kappa shape index (κ1) is 12.4. The predicted octanol–water partition coefficient (Wildman–Crippen LogP) is 2.80. The number of aliphatic hydroxyl groups excluding tert-OH is 1. The average Bonchev–Trinajstić information content (AvgIpc) is 2.26. The van der Waals surface area contributed by atoms with Crippen molar-refractivity contribution in [1.29, 1.82) is 0 Å². The van der Waals surface area contributed by atoms with Crippen LogP contribution in [0.3, 0.4) is 0 Å². The van der Waals surface area contributed by atoms with E-state index in [2.05, 4.69) is 11.8 Å². The number of hydrogen-bond donors (Lipinski definition) is 1. The van der Waals surface area contributed by atoms with Gasteiger partial charge in [0.25, 0.3) is 0 Å². The lowest BCUT2D eigenvalue weighted by atomic mass is 9.79. The minimum Gasteiger partial charge on any atom is -0.395 e. The lowest BCUT2D eigenvalue weighted by Crippen LogP contribution is -2.51. The summed E-state index contributed by atoms with van der Waals surface area (Å²) in [5.74, 6) is 0.890. The minimum absolute atomic E-state index is 0.337. The molecule has 2 heteroatoms. The van der Waals surface area contributed by atoms with Gasteiger partial charge in [-0.15, -0.1) is 0 Å². The molecule has 0 heterocycles. The summed E-state index contributed by atoms with van der Waals surface area (Å²) in [7, 11) is 0. The fourth-order valence-corrected chi connectivity index (χ4v) is 3.55. The van der Waals surface area contributed by atoms with Crippen molar-refractivity contribution in [3.8, 4) is 0 Å². The molecule has 2 aliphatic rings. The maximum Gasteiger partial charge on any atom is 0.0558 e. The summed E-state index contributed by atoms with van der Waals surface area (Å²) in [4.78, 5) is 2.65. The largest absolute Gasteiger partial charge is 0.395 e. The van der Waals surface area contributed by atoms with Crippen molar-refractivity contribution in [1.82, 2.24) is 4.90 Å². The monoisotopic (exact) mass is 225 g/mol. The summed E-state index contributed by atoms with van der Waals surface area (Å²) in [5, 5.41) is 9.25. The molecule has 1 N–H and O–H groups in total. The van der Waals surface area contributed by atoms with Crippen LogP contribution in [0.4, 0.5) is 0 Å². The number of aliphatic hydroxyl groups is 1. The molecule has 0 radical (unpaired) electrons. The molecule has 2 saturated carbocycles. The topological polar surface area (TPSA) is 23.5 Å². The van der Waals surface area contributed by atoms with Crippen LogP contribution in [-0.4, -0.2) is 35.2 Å². The standard InChI is InChI=1S/C14H27NO/c1-2-12-6-3-4-9-14(12)15(10-11-16)13-7-5-8-13/h12-14,16H,2-11H2,1H3. The molecule has 0 aromatic rings. The highest BCUT2D eigenvalue weighted by molar-refractivity contribution is 4.89. The molecule has 0 saturated heterocycles. The molecule has 0 aromatic carbocycles. The van der Waals surface area contributed by atoms with Crippen molar-refractivity contribution in [2.75, 3.05) is 13.2 Å². The molecule has 0 spiro atoms. The van der Waals surface area contributed by atoms with E-state index in [1.54, 1.807) is 0 Å². The summed E-state index contributed by atoms with van der Waals surface area (Å²) >= 11 is 0. The van der Waals surface area contributed by atoms with Crippen molar-refractivity contribution < 1.29 is 5.11 Å². The van der Waals surface area contributed by atoms with Crippen molar-refractivity contribution >= 4 is 0 Å². The van der Waals surface area contributed by atoms with E-state index >= 15 is 0 Å². The van der Waals surface area contributed by atoms with Gasteiger partial charge in [0.15, 0.2) is 0 Å². The quantitative estimate of drug-likeness (QED) is 0.777. The second kappa shape index (κ2) is 6.02. The highest BCUT2D eigenvalue weighted by atomic mass is 16.3. The van der Waals surface area contributed by atoms with Gasteiger partial charge in [-0.1, -0.05) is 32.6 Å². The van der Waals surface area contributed by atoms with Crippen molar-refractivity contribution in [3.63, 3.8) is 0 Å². The zero-order valence-corrected chi connectivity index (χ0v) is 10.7. The van der Waals surface area contributed by atoms with Gasteiger partial charge in [-0.2, -0.15) is 0 Å². The SMILES string of the molecule is CCC1CCCCC1N(CCO)C1CCC1. The van der Waals surface area contributed by atoms with Gasteiger partial charge in [0.2, 0.25) is 0 Å². The number of nitrogens with zero attached hydrogens (tertiary/aromatic N) is 1. The Hall–Kier alpha value is -0.0800. The van der Waals surface area contributed by atoms with Crippen LogP contribution >= 0.6 is 0 Å².